The van der Waals surface area contributed by atoms with Crippen LogP contribution in [0.4, 0.5) is 0 Å². The van der Waals surface area contributed by atoms with Crippen LogP contribution in [0, 0.1) is 5.41 Å². The van der Waals surface area contributed by atoms with Crippen LogP contribution in [0.3, 0.4) is 0 Å². The summed E-state index contributed by atoms with van der Waals surface area (Å²) in [5.41, 5.74) is 1.92. The van der Waals surface area contributed by atoms with E-state index in [4.69, 9.17) is 9.47 Å². The summed E-state index contributed by atoms with van der Waals surface area (Å²) in [7, 11) is 1.47. The number of rotatable bonds is 7. The molecule has 1 unspecified atom stereocenters. The Kier molecular flexibility index (Phi) is 6.93. The lowest BCUT2D eigenvalue weighted by molar-refractivity contribution is -0.132. The highest BCUT2D eigenvalue weighted by Crippen LogP contribution is 2.35. The van der Waals surface area contributed by atoms with Crippen LogP contribution in [0.25, 0.3) is 16.5 Å². The molecule has 6 nitrogen and oxygen atoms in total. The number of hydrogen-bond acceptors (Lipinski definition) is 5. The van der Waals surface area contributed by atoms with Crippen molar-refractivity contribution in [2.75, 3.05) is 7.11 Å². The lowest BCUT2D eigenvalue weighted by atomic mass is 9.77. The second-order valence-corrected chi connectivity index (χ2v) is 7.87. The highest BCUT2D eigenvalue weighted by atomic mass is 16.6. The zero-order valence-corrected chi connectivity index (χ0v) is 18.9. The maximum Gasteiger partial charge on any atom is 0.308 e. The normalized spacial score (nSPS) is 18.3. The van der Waals surface area contributed by atoms with Crippen molar-refractivity contribution in [1.29, 1.82) is 0 Å². The van der Waals surface area contributed by atoms with E-state index >= 15 is 0 Å². The molecule has 0 bridgehead atoms. The SMILES string of the molecule is C=C(C=CC=C(CC)c1nc2cc(OC)c(OC(C)=O)cc2c(=O)[nH]1)C1(C)C=CC=CC1. The fourth-order valence-electron chi connectivity index (χ4n) is 3.49. The molecule has 1 aliphatic carbocycles. The summed E-state index contributed by atoms with van der Waals surface area (Å²) in [6.07, 6.45) is 15.8. The van der Waals surface area contributed by atoms with Gasteiger partial charge in [0.05, 0.1) is 18.0 Å². The van der Waals surface area contributed by atoms with Gasteiger partial charge < -0.3 is 14.5 Å². The largest absolute Gasteiger partial charge is 0.493 e. The Morgan fingerprint density at radius 2 is 2.09 bits per heavy atom. The van der Waals surface area contributed by atoms with Crippen molar-refractivity contribution in [3.63, 3.8) is 0 Å². The number of aromatic nitrogens is 2. The molecule has 2 aromatic rings. The van der Waals surface area contributed by atoms with Crippen LogP contribution in [-0.4, -0.2) is 23.0 Å². The highest BCUT2D eigenvalue weighted by molar-refractivity contribution is 5.84. The summed E-state index contributed by atoms with van der Waals surface area (Å²) in [6, 6.07) is 3.07. The number of nitrogens with zero attached hydrogens (tertiary/aromatic N) is 1. The molecule has 3 rings (SSSR count). The number of ether oxygens (including phenoxy) is 2. The molecule has 1 N–H and O–H groups in total. The summed E-state index contributed by atoms with van der Waals surface area (Å²) in [4.78, 5) is 31.5. The van der Waals surface area contributed by atoms with Gasteiger partial charge in [0.15, 0.2) is 11.5 Å². The lowest BCUT2D eigenvalue weighted by Gasteiger charge is -2.27. The molecule has 0 aliphatic heterocycles. The lowest BCUT2D eigenvalue weighted by Crippen LogP contribution is -2.15. The minimum atomic E-state index is -0.498. The monoisotopic (exact) mass is 432 g/mol. The molecule has 1 aliphatic rings. The van der Waals surface area contributed by atoms with Crippen LogP contribution in [0.5, 0.6) is 11.5 Å². The van der Waals surface area contributed by atoms with Crippen LogP contribution in [0.15, 0.2) is 71.6 Å². The number of hydrogen-bond donors (Lipinski definition) is 1. The van der Waals surface area contributed by atoms with E-state index in [0.717, 1.165) is 17.6 Å². The molecule has 0 saturated heterocycles. The fourth-order valence-corrected chi connectivity index (χ4v) is 3.49. The number of carbonyl (C=O) groups excluding carboxylic acids is 1. The van der Waals surface area contributed by atoms with Crippen LogP contribution < -0.4 is 15.0 Å². The van der Waals surface area contributed by atoms with E-state index in [-0.39, 0.29) is 16.7 Å². The first-order valence-corrected chi connectivity index (χ1v) is 10.5. The molecular formula is C26H28N2O4. The van der Waals surface area contributed by atoms with E-state index in [1.807, 2.05) is 37.3 Å². The van der Waals surface area contributed by atoms with Crippen molar-refractivity contribution >= 4 is 22.4 Å². The van der Waals surface area contributed by atoms with Crippen LogP contribution in [0.1, 0.15) is 39.4 Å². The number of esters is 1. The van der Waals surface area contributed by atoms with E-state index in [2.05, 4.69) is 35.6 Å². The number of allylic oxidation sites excluding steroid dienone is 9. The van der Waals surface area contributed by atoms with Crippen molar-refractivity contribution in [3.8, 4) is 11.5 Å². The third-order valence-corrected chi connectivity index (χ3v) is 5.51. The van der Waals surface area contributed by atoms with E-state index in [9.17, 15) is 9.59 Å². The Morgan fingerprint density at radius 1 is 1.31 bits per heavy atom. The quantitative estimate of drug-likeness (QED) is 0.365. The molecule has 32 heavy (non-hydrogen) atoms. The summed E-state index contributed by atoms with van der Waals surface area (Å²) < 4.78 is 10.5. The zero-order chi connectivity index (χ0) is 23.3. The van der Waals surface area contributed by atoms with Gasteiger partial charge in [-0.15, -0.1) is 0 Å². The maximum absolute atomic E-state index is 12.7. The van der Waals surface area contributed by atoms with E-state index < -0.39 is 5.97 Å². The van der Waals surface area contributed by atoms with Gasteiger partial charge in [0.25, 0.3) is 5.56 Å². The van der Waals surface area contributed by atoms with Crippen LogP contribution in [0.2, 0.25) is 0 Å². The Labute approximate surface area is 187 Å². The van der Waals surface area contributed by atoms with Crippen molar-refractivity contribution in [2.45, 2.75) is 33.6 Å². The Bertz CT molecular complexity index is 1230. The minimum absolute atomic E-state index is 0.100. The predicted octanol–water partition coefficient (Wildman–Crippen LogP) is 5.29. The second-order valence-electron chi connectivity index (χ2n) is 7.87. The molecule has 1 atom stereocenters. The van der Waals surface area contributed by atoms with Gasteiger partial charge in [-0.25, -0.2) is 4.98 Å². The molecule has 0 saturated carbocycles. The van der Waals surface area contributed by atoms with Gasteiger partial charge in [0.1, 0.15) is 5.82 Å². The average Bonchev–Trinajstić information content (AvgIpc) is 2.76. The van der Waals surface area contributed by atoms with Crippen molar-refractivity contribution < 1.29 is 14.3 Å². The van der Waals surface area contributed by atoms with E-state index in [1.54, 1.807) is 6.07 Å². The smallest absolute Gasteiger partial charge is 0.308 e. The van der Waals surface area contributed by atoms with Gasteiger partial charge in [-0.2, -0.15) is 0 Å². The summed E-state index contributed by atoms with van der Waals surface area (Å²) in [6.45, 7) is 9.67. The molecule has 0 radical (unpaired) electrons. The first-order chi connectivity index (χ1) is 15.3. The topological polar surface area (TPSA) is 81.3 Å². The number of H-pyrrole nitrogens is 1. The maximum atomic E-state index is 12.7. The summed E-state index contributed by atoms with van der Waals surface area (Å²) in [5.74, 6) is 0.495. The number of benzene rings is 1. The minimum Gasteiger partial charge on any atom is -0.493 e. The number of carbonyl (C=O) groups is 1. The molecule has 166 valence electrons. The molecule has 0 spiro atoms. The third-order valence-electron chi connectivity index (χ3n) is 5.51. The number of fused-ring (bicyclic) bond motifs is 1. The highest BCUT2D eigenvalue weighted by Gasteiger charge is 2.22. The molecule has 1 heterocycles. The average molecular weight is 433 g/mol. The fraction of sp³-hybridized carbons (Fsp3) is 0.269. The molecule has 1 aromatic heterocycles. The van der Waals surface area contributed by atoms with Gasteiger partial charge in [-0.1, -0.05) is 63.0 Å². The molecule has 6 heteroatoms. The predicted molar refractivity (Wildman–Crippen MR) is 128 cm³/mol. The first-order valence-electron chi connectivity index (χ1n) is 10.5. The van der Waals surface area contributed by atoms with Crippen molar-refractivity contribution in [3.05, 3.63) is 83.0 Å². The van der Waals surface area contributed by atoms with Gasteiger partial charge in [0, 0.05) is 18.4 Å². The van der Waals surface area contributed by atoms with Crippen molar-refractivity contribution in [1.82, 2.24) is 9.97 Å². The van der Waals surface area contributed by atoms with Crippen molar-refractivity contribution in [2.24, 2.45) is 5.41 Å². The molecule has 0 amide bonds. The Hall–Kier alpha value is -3.67. The number of methoxy groups -OCH3 is 1. The summed E-state index contributed by atoms with van der Waals surface area (Å²) in [5, 5.41) is 0.315. The first kappa shape index (κ1) is 23.0. The van der Waals surface area contributed by atoms with Gasteiger partial charge in [-0.05, 0) is 30.1 Å². The Balaban J connectivity index is 1.95. The van der Waals surface area contributed by atoms with E-state index in [0.29, 0.717) is 28.9 Å². The molecular weight excluding hydrogens is 404 g/mol. The Morgan fingerprint density at radius 3 is 2.72 bits per heavy atom. The van der Waals surface area contributed by atoms with Crippen LogP contribution in [-0.2, 0) is 4.79 Å². The zero-order valence-electron chi connectivity index (χ0n) is 18.9. The third kappa shape index (κ3) is 4.97. The van der Waals surface area contributed by atoms with E-state index in [1.165, 1.54) is 20.1 Å². The summed E-state index contributed by atoms with van der Waals surface area (Å²) >= 11 is 0. The second kappa shape index (κ2) is 9.64. The standard InChI is InChI=1S/C26H28N2O4/c1-6-19(12-10-11-17(2)26(4)13-8-7-9-14-26)24-27-21-16-22(31-5)23(32-18(3)29)15-20(21)25(30)28-24/h7-13,15-16H,2,6,14H2,1,3-5H3,(H,27,28,30). The van der Waals surface area contributed by atoms with Gasteiger partial charge in [-0.3, -0.25) is 9.59 Å². The number of nitrogens with one attached hydrogen (secondary N) is 1. The molecule has 1 aromatic carbocycles. The van der Waals surface area contributed by atoms with Crippen LogP contribution >= 0.6 is 0 Å². The molecule has 0 fully saturated rings. The van der Waals surface area contributed by atoms with Gasteiger partial charge in [0.2, 0.25) is 0 Å². The number of aromatic amines is 1. The van der Waals surface area contributed by atoms with Gasteiger partial charge >= 0.3 is 5.97 Å².